The van der Waals surface area contributed by atoms with Gasteiger partial charge in [-0.3, -0.25) is 0 Å². The van der Waals surface area contributed by atoms with Crippen LogP contribution in [-0.4, -0.2) is 0 Å². The van der Waals surface area contributed by atoms with E-state index in [4.69, 9.17) is 0 Å². The summed E-state index contributed by atoms with van der Waals surface area (Å²) in [6, 6.07) is 35.2. The Hall–Kier alpha value is -2.44. The molecule has 0 atom stereocenters. The topological polar surface area (TPSA) is 0 Å². The van der Waals surface area contributed by atoms with Gasteiger partial charge in [-0.15, -0.1) is 33.4 Å². The molecule has 187 valence electrons. The largest absolute Gasteiger partial charge is 3.00 e. The Morgan fingerprint density at radius 1 is 0.763 bits per heavy atom. The van der Waals surface area contributed by atoms with Crippen LogP contribution in [0, 0.1) is 10.4 Å². The summed E-state index contributed by atoms with van der Waals surface area (Å²) in [4.78, 5) is 0. The third-order valence-electron chi connectivity index (χ3n) is 7.57. The fourth-order valence-corrected chi connectivity index (χ4v) is 5.62. The van der Waals surface area contributed by atoms with Gasteiger partial charge >= 0.3 is 26.2 Å². The van der Waals surface area contributed by atoms with Crippen molar-refractivity contribution in [3.63, 3.8) is 0 Å². The predicted octanol–water partition coefficient (Wildman–Crippen LogP) is 0.713. The Bertz CT molecular complexity index is 1700. The van der Waals surface area contributed by atoms with E-state index in [1.165, 1.54) is 54.3 Å². The minimum Gasteiger partial charge on any atom is -1.00 e. The van der Waals surface area contributed by atoms with E-state index in [9.17, 15) is 0 Å². The summed E-state index contributed by atoms with van der Waals surface area (Å²) in [5.74, 6) is 0. The summed E-state index contributed by atoms with van der Waals surface area (Å²) in [5.41, 5.74) is 7.95. The van der Waals surface area contributed by atoms with E-state index < -0.39 is 0 Å². The molecule has 0 amide bonds. The van der Waals surface area contributed by atoms with Crippen molar-refractivity contribution < 1.29 is 51.0 Å². The summed E-state index contributed by atoms with van der Waals surface area (Å²) in [6.07, 6.45) is 12.4. The Kier molecular flexibility index (Phi) is 9.99. The van der Waals surface area contributed by atoms with Gasteiger partial charge in [0.25, 0.3) is 0 Å². The minimum absolute atomic E-state index is 0. The van der Waals surface area contributed by atoms with Gasteiger partial charge in [-0.05, 0) is 24.0 Å². The zero-order chi connectivity index (χ0) is 23.8. The summed E-state index contributed by atoms with van der Waals surface area (Å²) >= 11 is 0. The van der Waals surface area contributed by atoms with E-state index in [2.05, 4.69) is 135 Å². The number of benzene rings is 4. The van der Waals surface area contributed by atoms with Crippen molar-refractivity contribution in [2.24, 2.45) is 0 Å². The molecule has 38 heavy (non-hydrogen) atoms. The third kappa shape index (κ3) is 5.48. The van der Waals surface area contributed by atoms with Crippen molar-refractivity contribution in [1.29, 1.82) is 0 Å². The van der Waals surface area contributed by atoms with Crippen LogP contribution in [0.25, 0.3) is 17.2 Å². The fourth-order valence-electron chi connectivity index (χ4n) is 5.62. The van der Waals surface area contributed by atoms with Crippen LogP contribution in [0.1, 0.15) is 42.5 Å². The first-order chi connectivity index (χ1) is 17.1. The van der Waals surface area contributed by atoms with Crippen LogP contribution in [0.15, 0.2) is 115 Å². The Morgan fingerprint density at radius 3 is 2.11 bits per heavy atom. The van der Waals surface area contributed by atoms with Crippen LogP contribution in [0.5, 0.6) is 0 Å². The van der Waals surface area contributed by atoms with E-state index in [0.29, 0.717) is 0 Å². The van der Waals surface area contributed by atoms with E-state index >= 15 is 0 Å². The van der Waals surface area contributed by atoms with Gasteiger partial charge in [0.1, 0.15) is 0 Å². The van der Waals surface area contributed by atoms with Crippen molar-refractivity contribution >= 4 is 17.2 Å². The van der Waals surface area contributed by atoms with Crippen molar-refractivity contribution in [2.45, 2.75) is 32.1 Å². The van der Waals surface area contributed by atoms with Crippen LogP contribution in [0.4, 0.5) is 0 Å². The summed E-state index contributed by atoms with van der Waals surface area (Å²) in [5, 5.41) is 5.12. The van der Waals surface area contributed by atoms with Crippen LogP contribution in [0.3, 0.4) is 0 Å². The average Bonchev–Trinajstić information content (AvgIpc) is 3.56. The molecule has 2 aliphatic rings. The van der Waals surface area contributed by atoms with Gasteiger partial charge in [0, 0.05) is 5.41 Å². The Balaban J connectivity index is 0.00000133. The Labute approximate surface area is 257 Å². The first kappa shape index (κ1) is 30.1. The third-order valence-corrected chi connectivity index (χ3v) is 7.57. The second kappa shape index (κ2) is 12.6. The number of rotatable bonds is 5. The van der Waals surface area contributed by atoms with Gasteiger partial charge in [0.2, 0.25) is 0 Å². The number of allylic oxidation sites excluding steroid dienone is 4. The first-order valence-electron chi connectivity index (χ1n) is 12.5. The normalized spacial score (nSPS) is 13.6. The molecule has 0 unspecified atom stereocenters. The van der Waals surface area contributed by atoms with Crippen molar-refractivity contribution in [3.8, 4) is 0 Å². The Morgan fingerprint density at radius 2 is 1.42 bits per heavy atom. The van der Waals surface area contributed by atoms with E-state index in [1.807, 2.05) is 0 Å². The van der Waals surface area contributed by atoms with E-state index in [-0.39, 0.29) is 56.4 Å². The van der Waals surface area contributed by atoms with Gasteiger partial charge in [-0.1, -0.05) is 145 Å². The molecule has 0 bridgehead atoms. The molecular formula is C35H29Cl2Zr. The second-order valence-corrected chi connectivity index (χ2v) is 10.0. The number of fused-ring (bicyclic) bond motifs is 2. The molecule has 0 nitrogen and oxygen atoms in total. The van der Waals surface area contributed by atoms with Crippen molar-refractivity contribution in [1.82, 2.24) is 0 Å². The summed E-state index contributed by atoms with van der Waals surface area (Å²) < 4.78 is 0. The van der Waals surface area contributed by atoms with Gasteiger partial charge in [0.05, 0.1) is 0 Å². The molecule has 0 heterocycles. The van der Waals surface area contributed by atoms with Crippen LogP contribution in [-0.2, 0) is 38.0 Å². The molecule has 1 radical (unpaired) electrons. The molecular weight excluding hydrogens is 583 g/mol. The summed E-state index contributed by atoms with van der Waals surface area (Å²) in [7, 11) is 0. The molecule has 0 saturated carbocycles. The predicted molar refractivity (Wildman–Crippen MR) is 147 cm³/mol. The SMILES string of the molecule is CC(C)(C(Cc1ccccc1)=c1ccc2c(c1C1=CC=CC1)[C-]=c1ccccc1=2)c1ccccc1.[Cl-].[Cl-].[Zr+3]. The quantitative estimate of drug-likeness (QED) is 0.257. The number of halogens is 2. The van der Waals surface area contributed by atoms with Crippen LogP contribution < -0.4 is 35.3 Å². The molecule has 0 saturated heterocycles. The van der Waals surface area contributed by atoms with E-state index in [1.54, 1.807) is 0 Å². The van der Waals surface area contributed by atoms with Gasteiger partial charge < -0.3 is 24.8 Å². The zero-order valence-corrected chi connectivity index (χ0v) is 25.6. The van der Waals surface area contributed by atoms with Gasteiger partial charge in [0.15, 0.2) is 0 Å². The monoisotopic (exact) mass is 609 g/mol. The first-order valence-corrected chi connectivity index (χ1v) is 12.5. The van der Waals surface area contributed by atoms with Crippen molar-refractivity contribution in [2.75, 3.05) is 0 Å². The van der Waals surface area contributed by atoms with Crippen LogP contribution in [0.2, 0.25) is 0 Å². The minimum atomic E-state index is -0.141. The molecule has 6 rings (SSSR count). The fraction of sp³-hybridized carbons (Fsp3) is 0.143. The molecule has 0 spiro atoms. The molecule has 0 fully saturated rings. The number of hydrogen-bond donors (Lipinski definition) is 0. The zero-order valence-electron chi connectivity index (χ0n) is 21.6. The maximum atomic E-state index is 3.79. The smallest absolute Gasteiger partial charge is 1.00 e. The molecule has 4 aromatic carbocycles. The maximum Gasteiger partial charge on any atom is 3.00 e. The van der Waals surface area contributed by atoms with Crippen LogP contribution >= 0.6 is 0 Å². The molecule has 0 aliphatic heterocycles. The van der Waals surface area contributed by atoms with E-state index in [0.717, 1.165) is 12.8 Å². The second-order valence-electron chi connectivity index (χ2n) is 10.0. The maximum absolute atomic E-state index is 3.79. The van der Waals surface area contributed by atoms with Gasteiger partial charge in [-0.2, -0.15) is 0 Å². The molecule has 0 N–H and O–H groups in total. The van der Waals surface area contributed by atoms with Gasteiger partial charge in [-0.25, -0.2) is 0 Å². The summed E-state index contributed by atoms with van der Waals surface area (Å²) in [6.45, 7) is 4.75. The van der Waals surface area contributed by atoms with Crippen molar-refractivity contribution in [3.05, 3.63) is 158 Å². The molecule has 4 aromatic rings. The molecule has 0 aromatic heterocycles. The molecule has 2 aliphatic carbocycles. The number of hydrogen-bond acceptors (Lipinski definition) is 0. The molecule has 3 heteroatoms. The average molecular weight is 612 g/mol. The standard InChI is InChI=1S/C35H29.2ClH.Zr/c1-35(2,28-18-7-4-8-19-28)33(23-25-13-5-3-6-14-25)31-22-21-30-29-20-12-11-17-27(29)24-32(30)34(31)26-15-9-10-16-26;;;/h3-15,17-22H,16,23H2,1-2H3;2*1H;/q-1;;;+3/p-2.